The van der Waals surface area contributed by atoms with Gasteiger partial charge in [0.1, 0.15) is 0 Å². The van der Waals surface area contributed by atoms with Gasteiger partial charge in [0.05, 0.1) is 19.6 Å². The number of urea groups is 1. The lowest BCUT2D eigenvalue weighted by Crippen LogP contribution is -2.45. The highest BCUT2D eigenvalue weighted by Gasteiger charge is 2.23. The van der Waals surface area contributed by atoms with Gasteiger partial charge in [0.15, 0.2) is 11.5 Å². The van der Waals surface area contributed by atoms with E-state index in [4.69, 9.17) is 9.47 Å². The zero-order valence-corrected chi connectivity index (χ0v) is 20.1. The van der Waals surface area contributed by atoms with Gasteiger partial charge in [-0.1, -0.05) is 24.3 Å². The van der Waals surface area contributed by atoms with Crippen LogP contribution in [0.3, 0.4) is 0 Å². The molecule has 11 heteroatoms. The van der Waals surface area contributed by atoms with Gasteiger partial charge >= 0.3 is 18.1 Å². The number of carbonyl (C=O) groups is 3. The molecule has 0 aromatic heterocycles. The average Bonchev–Trinajstić information content (AvgIpc) is 3.32. The summed E-state index contributed by atoms with van der Waals surface area (Å²) >= 11 is 1.60. The number of rotatable bonds is 12. The van der Waals surface area contributed by atoms with Gasteiger partial charge in [0.25, 0.3) is 0 Å². The lowest BCUT2D eigenvalue weighted by atomic mass is 10.0. The van der Waals surface area contributed by atoms with E-state index in [1.165, 1.54) is 7.11 Å². The van der Waals surface area contributed by atoms with Gasteiger partial charge in [-0.3, -0.25) is 4.79 Å². The van der Waals surface area contributed by atoms with Crippen LogP contribution >= 0.6 is 11.8 Å². The average molecular weight is 504 g/mol. The van der Waals surface area contributed by atoms with Crippen molar-refractivity contribution in [2.24, 2.45) is 0 Å². The zero-order chi connectivity index (χ0) is 25.0. The Hall–Kier alpha value is -3.60. The number of hydrogen-bond acceptors (Lipinski definition) is 7. The maximum Gasteiger partial charge on any atom is 0.406 e. The summed E-state index contributed by atoms with van der Waals surface area (Å²) in [5.74, 6) is 0.641. The molecule has 2 aromatic rings. The SMILES string of the molecule is COC(=O)NCCC[C@@H](CSc1ccccc1)NC(=O)N[C@@H](CC(=O)O)c1ccc2c(c1)OCO2. The first-order valence-electron chi connectivity index (χ1n) is 11.1. The molecule has 0 bridgehead atoms. The van der Waals surface area contributed by atoms with Gasteiger partial charge in [-0.05, 0) is 42.7 Å². The normalized spacial score (nSPS) is 13.4. The minimum absolute atomic E-state index is 0.0991. The third-order valence-corrected chi connectivity index (χ3v) is 6.37. The van der Waals surface area contributed by atoms with Crippen LogP contribution in [-0.4, -0.2) is 55.4 Å². The Morgan fingerprint density at radius 1 is 1.09 bits per heavy atom. The van der Waals surface area contributed by atoms with Gasteiger partial charge in [0.2, 0.25) is 6.79 Å². The topological polar surface area (TPSA) is 135 Å². The van der Waals surface area contributed by atoms with E-state index < -0.39 is 24.1 Å². The van der Waals surface area contributed by atoms with E-state index in [0.29, 0.717) is 42.2 Å². The summed E-state index contributed by atoms with van der Waals surface area (Å²) in [6.07, 6.45) is 0.423. The third kappa shape index (κ3) is 8.60. The molecule has 2 aromatic carbocycles. The fourth-order valence-corrected chi connectivity index (χ4v) is 4.46. The van der Waals surface area contributed by atoms with Gasteiger partial charge in [-0.2, -0.15) is 0 Å². The van der Waals surface area contributed by atoms with Crippen LogP contribution in [0.5, 0.6) is 11.5 Å². The number of benzene rings is 2. The Morgan fingerprint density at radius 3 is 2.60 bits per heavy atom. The van der Waals surface area contributed by atoms with Crippen LogP contribution in [0, 0.1) is 0 Å². The number of amides is 3. The third-order valence-electron chi connectivity index (χ3n) is 5.20. The van der Waals surface area contributed by atoms with Crippen molar-refractivity contribution >= 4 is 29.9 Å². The lowest BCUT2D eigenvalue weighted by molar-refractivity contribution is -0.137. The highest BCUT2D eigenvalue weighted by atomic mass is 32.2. The molecule has 3 amide bonds. The van der Waals surface area contributed by atoms with Gasteiger partial charge in [0, 0.05) is 23.2 Å². The predicted octanol–water partition coefficient (Wildman–Crippen LogP) is 3.53. The van der Waals surface area contributed by atoms with Crippen LogP contribution in [0.1, 0.15) is 30.9 Å². The molecule has 0 unspecified atom stereocenters. The Bertz CT molecular complexity index is 1010. The molecule has 0 saturated carbocycles. The maximum atomic E-state index is 12.9. The largest absolute Gasteiger partial charge is 0.481 e. The van der Waals surface area contributed by atoms with Crippen molar-refractivity contribution in [2.45, 2.75) is 36.2 Å². The van der Waals surface area contributed by atoms with Gasteiger partial charge < -0.3 is 35.3 Å². The van der Waals surface area contributed by atoms with E-state index in [9.17, 15) is 19.5 Å². The summed E-state index contributed by atoms with van der Waals surface area (Å²) in [4.78, 5) is 36.7. The first-order valence-corrected chi connectivity index (χ1v) is 12.1. The number of carbonyl (C=O) groups excluding carboxylic acids is 2. The van der Waals surface area contributed by atoms with Crippen LogP contribution in [0.25, 0.3) is 0 Å². The van der Waals surface area contributed by atoms with Crippen LogP contribution in [0.2, 0.25) is 0 Å². The number of nitrogens with one attached hydrogen (secondary N) is 3. The zero-order valence-electron chi connectivity index (χ0n) is 19.3. The monoisotopic (exact) mass is 503 g/mol. The number of aliphatic carboxylic acids is 1. The second-order valence-electron chi connectivity index (χ2n) is 7.76. The highest BCUT2D eigenvalue weighted by Crippen LogP contribution is 2.34. The van der Waals surface area contributed by atoms with E-state index in [2.05, 4.69) is 20.7 Å². The smallest absolute Gasteiger partial charge is 0.406 e. The Balaban J connectivity index is 1.62. The fourth-order valence-electron chi connectivity index (χ4n) is 3.46. The van der Waals surface area contributed by atoms with Crippen molar-refractivity contribution in [1.82, 2.24) is 16.0 Å². The van der Waals surface area contributed by atoms with Crippen molar-refractivity contribution in [3.05, 3.63) is 54.1 Å². The Kier molecular flexibility index (Phi) is 9.91. The molecule has 0 saturated heterocycles. The molecule has 1 aliphatic heterocycles. The second kappa shape index (κ2) is 13.3. The number of thioether (sulfide) groups is 1. The number of alkyl carbamates (subject to hydrolysis) is 1. The molecule has 188 valence electrons. The first kappa shape index (κ1) is 26.0. The van der Waals surface area contributed by atoms with Crippen LogP contribution < -0.4 is 25.4 Å². The molecule has 0 aliphatic carbocycles. The molecule has 2 atom stereocenters. The van der Waals surface area contributed by atoms with Crippen LogP contribution in [0.4, 0.5) is 9.59 Å². The summed E-state index contributed by atoms with van der Waals surface area (Å²) in [5, 5.41) is 17.7. The number of methoxy groups -OCH3 is 1. The minimum Gasteiger partial charge on any atom is -0.481 e. The van der Waals surface area contributed by atoms with Crippen molar-refractivity contribution in [1.29, 1.82) is 0 Å². The van der Waals surface area contributed by atoms with Gasteiger partial charge in [-0.25, -0.2) is 9.59 Å². The van der Waals surface area contributed by atoms with E-state index in [0.717, 1.165) is 4.90 Å². The standard InChI is InChI=1S/C24H29N3O7S/c1-32-24(31)25-11-5-6-17(14-35-18-7-3-2-4-8-18)26-23(30)27-19(13-22(28)29)16-9-10-20-21(12-16)34-15-33-20/h2-4,7-10,12,17,19H,5-6,11,13-15H2,1H3,(H,25,31)(H,28,29)(H2,26,27,30)/t17-,19-/m0/s1. The number of ether oxygens (including phenoxy) is 3. The molecular formula is C24H29N3O7S. The molecule has 3 rings (SSSR count). The summed E-state index contributed by atoms with van der Waals surface area (Å²) in [7, 11) is 1.30. The van der Waals surface area contributed by atoms with Crippen LogP contribution in [0.15, 0.2) is 53.4 Å². The quantitative estimate of drug-likeness (QED) is 0.255. The number of fused-ring (bicyclic) bond motifs is 1. The summed E-state index contributed by atoms with van der Waals surface area (Å²) in [6, 6.07) is 13.4. The highest BCUT2D eigenvalue weighted by molar-refractivity contribution is 7.99. The van der Waals surface area contributed by atoms with E-state index >= 15 is 0 Å². The van der Waals surface area contributed by atoms with Crippen molar-refractivity contribution in [3.63, 3.8) is 0 Å². The molecule has 0 spiro atoms. The molecule has 0 radical (unpaired) electrons. The van der Waals surface area contributed by atoms with Crippen molar-refractivity contribution < 1.29 is 33.7 Å². The molecule has 35 heavy (non-hydrogen) atoms. The van der Waals surface area contributed by atoms with Crippen molar-refractivity contribution in [2.75, 3.05) is 26.2 Å². The molecular weight excluding hydrogens is 474 g/mol. The Labute approximate surface area is 207 Å². The first-order chi connectivity index (χ1) is 16.9. The number of carboxylic acids is 1. The van der Waals surface area contributed by atoms with Crippen molar-refractivity contribution in [3.8, 4) is 11.5 Å². The fraction of sp³-hybridized carbons (Fsp3) is 0.375. The Morgan fingerprint density at radius 2 is 1.86 bits per heavy atom. The molecule has 10 nitrogen and oxygen atoms in total. The maximum absolute atomic E-state index is 12.9. The summed E-state index contributed by atoms with van der Waals surface area (Å²) in [5.41, 5.74) is 0.601. The molecule has 0 fully saturated rings. The van der Waals surface area contributed by atoms with Gasteiger partial charge in [-0.15, -0.1) is 11.8 Å². The van der Waals surface area contributed by atoms with E-state index in [1.54, 1.807) is 30.0 Å². The minimum atomic E-state index is -1.04. The van der Waals surface area contributed by atoms with E-state index in [-0.39, 0.29) is 19.3 Å². The second-order valence-corrected chi connectivity index (χ2v) is 8.86. The number of carboxylic acid groups (broad SMARTS) is 1. The summed E-state index contributed by atoms with van der Waals surface area (Å²) < 4.78 is 15.3. The molecule has 1 heterocycles. The number of hydrogen-bond donors (Lipinski definition) is 4. The molecule has 1 aliphatic rings. The lowest BCUT2D eigenvalue weighted by Gasteiger charge is -2.22. The summed E-state index contributed by atoms with van der Waals surface area (Å²) in [6.45, 7) is 0.503. The van der Waals surface area contributed by atoms with Crippen LogP contribution in [-0.2, 0) is 9.53 Å². The van der Waals surface area contributed by atoms with E-state index in [1.807, 2.05) is 30.3 Å². The predicted molar refractivity (Wildman–Crippen MR) is 130 cm³/mol. The molecule has 4 N–H and O–H groups in total.